The Labute approximate surface area is 154 Å². The standard InChI is InChI=1S/C18H18FN5OS/c1-11(13-4-2-3-7-20-13)21-18-22-14-6-9-26-16(14)15(23-18)17(25)24-8-5-12(19)10-24/h2-4,6-7,9,11-12H,5,8,10H2,1H3,(H,21,22,23)/t11?,12-/m0/s1. The van der Waals surface area contributed by atoms with Crippen LogP contribution in [0.2, 0.25) is 0 Å². The van der Waals surface area contributed by atoms with Crippen LogP contribution in [0.25, 0.3) is 10.2 Å². The summed E-state index contributed by atoms with van der Waals surface area (Å²) < 4.78 is 14.2. The smallest absolute Gasteiger partial charge is 0.274 e. The second-order valence-corrected chi connectivity index (χ2v) is 7.20. The van der Waals surface area contributed by atoms with Crippen molar-refractivity contribution in [2.45, 2.75) is 25.6 Å². The number of halogens is 1. The van der Waals surface area contributed by atoms with Crippen molar-refractivity contribution in [3.05, 3.63) is 47.2 Å². The maximum absolute atomic E-state index is 13.5. The van der Waals surface area contributed by atoms with Crippen LogP contribution in [-0.2, 0) is 0 Å². The van der Waals surface area contributed by atoms with Gasteiger partial charge in [-0.15, -0.1) is 11.3 Å². The van der Waals surface area contributed by atoms with Gasteiger partial charge in [-0.2, -0.15) is 0 Å². The second kappa shape index (κ2) is 6.95. The maximum Gasteiger partial charge on any atom is 0.274 e. The van der Waals surface area contributed by atoms with Gasteiger partial charge < -0.3 is 10.2 Å². The van der Waals surface area contributed by atoms with Gasteiger partial charge in [0.15, 0.2) is 5.69 Å². The monoisotopic (exact) mass is 371 g/mol. The predicted octanol–water partition coefficient (Wildman–Crippen LogP) is 3.44. The molecule has 2 atom stereocenters. The Morgan fingerprint density at radius 1 is 1.38 bits per heavy atom. The van der Waals surface area contributed by atoms with E-state index in [0.29, 0.717) is 30.1 Å². The fourth-order valence-corrected chi connectivity index (χ4v) is 3.84. The van der Waals surface area contributed by atoms with Gasteiger partial charge in [-0.3, -0.25) is 9.78 Å². The van der Waals surface area contributed by atoms with Gasteiger partial charge in [-0.05, 0) is 36.9 Å². The highest BCUT2D eigenvalue weighted by molar-refractivity contribution is 7.17. The summed E-state index contributed by atoms with van der Waals surface area (Å²) >= 11 is 1.42. The summed E-state index contributed by atoms with van der Waals surface area (Å²) in [7, 11) is 0. The molecule has 0 spiro atoms. The summed E-state index contributed by atoms with van der Waals surface area (Å²) in [6, 6.07) is 7.43. The fraction of sp³-hybridized carbons (Fsp3) is 0.333. The Bertz CT molecular complexity index is 932. The molecule has 1 aliphatic rings. The molecule has 3 aromatic rings. The molecule has 0 radical (unpaired) electrons. The lowest BCUT2D eigenvalue weighted by Gasteiger charge is -2.17. The van der Waals surface area contributed by atoms with Gasteiger partial charge >= 0.3 is 0 Å². The van der Waals surface area contributed by atoms with Crippen LogP contribution >= 0.6 is 11.3 Å². The van der Waals surface area contributed by atoms with E-state index in [1.54, 1.807) is 6.20 Å². The minimum absolute atomic E-state index is 0.114. The molecular weight excluding hydrogens is 353 g/mol. The van der Waals surface area contributed by atoms with Gasteiger partial charge in [0.05, 0.1) is 28.5 Å². The highest BCUT2D eigenvalue weighted by Crippen LogP contribution is 2.27. The molecule has 4 rings (SSSR count). The lowest BCUT2D eigenvalue weighted by atomic mass is 10.2. The van der Waals surface area contributed by atoms with Crippen LogP contribution in [0.3, 0.4) is 0 Å². The number of thiophene rings is 1. The van der Waals surface area contributed by atoms with E-state index in [-0.39, 0.29) is 18.5 Å². The van der Waals surface area contributed by atoms with Gasteiger partial charge in [0, 0.05) is 12.7 Å². The molecule has 26 heavy (non-hydrogen) atoms. The number of nitrogens with zero attached hydrogens (tertiary/aromatic N) is 4. The number of rotatable bonds is 4. The van der Waals surface area contributed by atoms with E-state index in [2.05, 4.69) is 20.3 Å². The van der Waals surface area contributed by atoms with Gasteiger partial charge in [0.25, 0.3) is 5.91 Å². The Kier molecular flexibility index (Phi) is 4.50. The van der Waals surface area contributed by atoms with Crippen LogP contribution in [0.4, 0.5) is 10.3 Å². The third-order valence-corrected chi connectivity index (χ3v) is 5.31. The number of carbonyl (C=O) groups excluding carboxylic acids is 1. The first kappa shape index (κ1) is 16.8. The molecule has 0 bridgehead atoms. The largest absolute Gasteiger partial charge is 0.346 e. The number of nitrogens with one attached hydrogen (secondary N) is 1. The molecule has 1 aliphatic heterocycles. The number of amides is 1. The Morgan fingerprint density at radius 2 is 2.27 bits per heavy atom. The molecule has 0 aromatic carbocycles. The van der Waals surface area contributed by atoms with Gasteiger partial charge in [-0.25, -0.2) is 14.4 Å². The van der Waals surface area contributed by atoms with Crippen LogP contribution in [0.5, 0.6) is 0 Å². The summed E-state index contributed by atoms with van der Waals surface area (Å²) in [6.07, 6.45) is 1.15. The number of hydrogen-bond acceptors (Lipinski definition) is 6. The normalized spacial score (nSPS) is 18.2. The van der Waals surface area contributed by atoms with E-state index in [0.717, 1.165) is 10.4 Å². The molecule has 0 saturated carbocycles. The third-order valence-electron chi connectivity index (χ3n) is 4.40. The SMILES string of the molecule is CC(Nc1nc(C(=O)N2CC[C@H](F)C2)c2sccc2n1)c1ccccn1. The van der Waals surface area contributed by atoms with E-state index in [1.165, 1.54) is 16.2 Å². The van der Waals surface area contributed by atoms with Crippen molar-refractivity contribution in [1.29, 1.82) is 0 Å². The predicted molar refractivity (Wildman–Crippen MR) is 99.1 cm³/mol. The van der Waals surface area contributed by atoms with E-state index in [9.17, 15) is 9.18 Å². The number of fused-ring (bicyclic) bond motifs is 1. The molecule has 8 heteroatoms. The van der Waals surface area contributed by atoms with Crippen LogP contribution < -0.4 is 5.32 Å². The fourth-order valence-electron chi connectivity index (χ4n) is 3.02. The molecule has 6 nitrogen and oxygen atoms in total. The Balaban J connectivity index is 1.65. The molecule has 1 fully saturated rings. The summed E-state index contributed by atoms with van der Waals surface area (Å²) in [5.41, 5.74) is 1.89. The molecule has 4 heterocycles. The van der Waals surface area contributed by atoms with Crippen molar-refractivity contribution in [2.75, 3.05) is 18.4 Å². The molecule has 1 N–H and O–H groups in total. The lowest BCUT2D eigenvalue weighted by Crippen LogP contribution is -2.30. The van der Waals surface area contributed by atoms with Crippen LogP contribution in [0.1, 0.15) is 35.6 Å². The molecule has 3 aromatic heterocycles. The second-order valence-electron chi connectivity index (χ2n) is 6.29. The van der Waals surface area contributed by atoms with E-state index in [4.69, 9.17) is 0 Å². The quantitative estimate of drug-likeness (QED) is 0.761. The summed E-state index contributed by atoms with van der Waals surface area (Å²) in [5.74, 6) is 0.127. The maximum atomic E-state index is 13.5. The zero-order valence-corrected chi connectivity index (χ0v) is 15.0. The first-order valence-electron chi connectivity index (χ1n) is 8.48. The lowest BCUT2D eigenvalue weighted by molar-refractivity contribution is 0.0779. The average Bonchev–Trinajstić information content (AvgIpc) is 3.30. The van der Waals surface area contributed by atoms with Crippen LogP contribution in [0.15, 0.2) is 35.8 Å². The van der Waals surface area contributed by atoms with Gasteiger partial charge in [-0.1, -0.05) is 6.07 Å². The minimum Gasteiger partial charge on any atom is -0.346 e. The van der Waals surface area contributed by atoms with Crippen molar-refractivity contribution in [3.8, 4) is 0 Å². The molecule has 1 amide bonds. The van der Waals surface area contributed by atoms with Crippen molar-refractivity contribution in [3.63, 3.8) is 0 Å². The summed E-state index contributed by atoms with van der Waals surface area (Å²) in [4.78, 5) is 27.7. The number of alkyl halides is 1. The molecule has 0 aliphatic carbocycles. The van der Waals surface area contributed by atoms with Crippen LogP contribution in [-0.4, -0.2) is 45.0 Å². The highest BCUT2D eigenvalue weighted by Gasteiger charge is 2.29. The Morgan fingerprint density at radius 3 is 3.00 bits per heavy atom. The molecule has 134 valence electrons. The van der Waals surface area contributed by atoms with Gasteiger partial charge in [0.2, 0.25) is 5.95 Å². The average molecular weight is 371 g/mol. The topological polar surface area (TPSA) is 71.0 Å². The first-order valence-corrected chi connectivity index (χ1v) is 9.36. The third kappa shape index (κ3) is 3.24. The molecular formula is C18H18FN5OS. The number of pyridine rings is 1. The zero-order chi connectivity index (χ0) is 18.1. The van der Waals surface area contributed by atoms with E-state index in [1.807, 2.05) is 36.6 Å². The minimum atomic E-state index is -0.957. The number of hydrogen-bond donors (Lipinski definition) is 1. The number of aromatic nitrogens is 3. The molecule has 1 saturated heterocycles. The number of carbonyl (C=O) groups is 1. The molecule has 1 unspecified atom stereocenters. The Hall–Kier alpha value is -2.61. The van der Waals surface area contributed by atoms with Gasteiger partial charge in [0.1, 0.15) is 6.17 Å². The van der Waals surface area contributed by atoms with Crippen LogP contribution in [0, 0.1) is 0 Å². The van der Waals surface area contributed by atoms with Crippen molar-refractivity contribution < 1.29 is 9.18 Å². The summed E-state index contributed by atoms with van der Waals surface area (Å²) in [6.45, 7) is 2.51. The van der Waals surface area contributed by atoms with E-state index >= 15 is 0 Å². The van der Waals surface area contributed by atoms with Crippen molar-refractivity contribution in [2.24, 2.45) is 0 Å². The number of anilines is 1. The summed E-state index contributed by atoms with van der Waals surface area (Å²) in [5, 5.41) is 5.09. The number of likely N-dealkylation sites (tertiary alicyclic amines) is 1. The zero-order valence-electron chi connectivity index (χ0n) is 14.2. The highest BCUT2D eigenvalue weighted by atomic mass is 32.1. The van der Waals surface area contributed by atoms with Crippen molar-refractivity contribution >= 4 is 33.4 Å². The first-order chi connectivity index (χ1) is 12.6. The van der Waals surface area contributed by atoms with E-state index < -0.39 is 6.17 Å². The van der Waals surface area contributed by atoms with Crippen molar-refractivity contribution in [1.82, 2.24) is 19.9 Å².